The van der Waals surface area contributed by atoms with Crippen LogP contribution >= 0.6 is 11.6 Å². The Hall–Kier alpha value is -2.53. The van der Waals surface area contributed by atoms with Crippen molar-refractivity contribution in [3.8, 4) is 17.2 Å². The first-order valence-electron chi connectivity index (χ1n) is 10.1. The molecule has 2 N–H and O–H groups in total. The largest absolute Gasteiger partial charge is 0.491 e. The smallest absolute Gasteiger partial charge is 0.252 e. The minimum Gasteiger partial charge on any atom is -0.491 e. The lowest BCUT2D eigenvalue weighted by molar-refractivity contribution is 0.0843. The first-order valence-corrected chi connectivity index (χ1v) is 11.9. The van der Waals surface area contributed by atoms with Crippen LogP contribution in [0.15, 0.2) is 41.3 Å². The summed E-state index contributed by atoms with van der Waals surface area (Å²) in [5, 5.41) is 12.8. The highest BCUT2D eigenvalue weighted by atomic mass is 35.5. The molecule has 2 heterocycles. The predicted octanol–water partition coefficient (Wildman–Crippen LogP) is 2.02. The molecule has 1 fully saturated rings. The maximum absolute atomic E-state index is 12.8. The lowest BCUT2D eigenvalue weighted by Gasteiger charge is -2.17. The zero-order valence-corrected chi connectivity index (χ0v) is 18.7. The van der Waals surface area contributed by atoms with Crippen LogP contribution < -0.4 is 19.5 Å². The minimum absolute atomic E-state index is 0.0145. The van der Waals surface area contributed by atoms with Crippen LogP contribution in [-0.2, 0) is 10.0 Å². The topological polar surface area (TPSA) is 114 Å². The molecule has 1 saturated heterocycles. The van der Waals surface area contributed by atoms with E-state index >= 15 is 0 Å². The normalized spacial score (nSPS) is 16.7. The van der Waals surface area contributed by atoms with Crippen LogP contribution in [0.5, 0.6) is 17.2 Å². The predicted molar refractivity (Wildman–Crippen MR) is 116 cm³/mol. The number of carbonyl (C=O) groups is 1. The fourth-order valence-corrected chi connectivity index (χ4v) is 5.19. The van der Waals surface area contributed by atoms with E-state index in [1.807, 2.05) is 0 Å². The van der Waals surface area contributed by atoms with Gasteiger partial charge in [0.25, 0.3) is 5.91 Å². The van der Waals surface area contributed by atoms with Gasteiger partial charge in [-0.3, -0.25) is 4.79 Å². The number of ether oxygens (including phenoxy) is 3. The maximum Gasteiger partial charge on any atom is 0.252 e. The standard InChI is InChI=1S/C21H23ClN2O7S/c22-18-5-4-16(32(27,28)24-7-1-2-8-24)10-17(18)21(26)23-11-14(25)12-29-15-3-6-19-20(9-15)31-13-30-19/h3-6,9-10,14,25H,1-2,7-8,11-13H2,(H,23,26). The number of amides is 1. The molecule has 9 nitrogen and oxygen atoms in total. The van der Waals surface area contributed by atoms with E-state index in [0.717, 1.165) is 12.8 Å². The summed E-state index contributed by atoms with van der Waals surface area (Å²) in [6, 6.07) is 9.09. The van der Waals surface area contributed by atoms with Crippen LogP contribution in [0.25, 0.3) is 0 Å². The summed E-state index contributed by atoms with van der Waals surface area (Å²) in [7, 11) is -3.68. The highest BCUT2D eigenvalue weighted by molar-refractivity contribution is 7.89. The van der Waals surface area contributed by atoms with E-state index in [-0.39, 0.29) is 35.4 Å². The third-order valence-electron chi connectivity index (χ3n) is 5.17. The Labute approximate surface area is 190 Å². The van der Waals surface area contributed by atoms with Crippen LogP contribution in [0.3, 0.4) is 0 Å². The number of hydrogen-bond acceptors (Lipinski definition) is 7. The van der Waals surface area contributed by atoms with Crippen LogP contribution in [0, 0.1) is 0 Å². The van der Waals surface area contributed by atoms with Gasteiger partial charge in [-0.2, -0.15) is 4.31 Å². The van der Waals surface area contributed by atoms with Crippen molar-refractivity contribution in [2.24, 2.45) is 0 Å². The molecular weight excluding hydrogens is 460 g/mol. The molecule has 1 atom stereocenters. The average molecular weight is 483 g/mol. The number of nitrogens with zero attached hydrogens (tertiary/aromatic N) is 1. The molecule has 2 aliphatic heterocycles. The number of aliphatic hydroxyl groups excluding tert-OH is 1. The summed E-state index contributed by atoms with van der Waals surface area (Å²) in [6.07, 6.45) is 0.623. The van der Waals surface area contributed by atoms with Gasteiger partial charge in [0.1, 0.15) is 18.5 Å². The van der Waals surface area contributed by atoms with E-state index in [1.54, 1.807) is 18.2 Å². The van der Waals surface area contributed by atoms with Gasteiger partial charge >= 0.3 is 0 Å². The molecule has 2 aromatic carbocycles. The van der Waals surface area contributed by atoms with Gasteiger partial charge in [-0.25, -0.2) is 8.42 Å². The van der Waals surface area contributed by atoms with E-state index in [2.05, 4.69) is 5.32 Å². The van der Waals surface area contributed by atoms with Crippen molar-refractivity contribution >= 4 is 27.5 Å². The highest BCUT2D eigenvalue weighted by Gasteiger charge is 2.28. The lowest BCUT2D eigenvalue weighted by atomic mass is 10.2. The van der Waals surface area contributed by atoms with Gasteiger partial charge in [0, 0.05) is 25.7 Å². The first kappa shape index (κ1) is 22.7. The number of halogens is 1. The van der Waals surface area contributed by atoms with Crippen molar-refractivity contribution < 1.29 is 32.5 Å². The van der Waals surface area contributed by atoms with E-state index in [0.29, 0.717) is 30.3 Å². The number of sulfonamides is 1. The number of hydrogen-bond donors (Lipinski definition) is 2. The summed E-state index contributed by atoms with van der Waals surface area (Å²) in [6.45, 7) is 0.889. The molecule has 32 heavy (non-hydrogen) atoms. The second-order valence-corrected chi connectivity index (χ2v) is 9.79. The molecule has 0 saturated carbocycles. The molecule has 2 aromatic rings. The average Bonchev–Trinajstić information content (AvgIpc) is 3.48. The molecule has 11 heteroatoms. The Bertz CT molecular complexity index is 1100. The quantitative estimate of drug-likeness (QED) is 0.591. The molecule has 0 aromatic heterocycles. The van der Waals surface area contributed by atoms with Crippen LogP contribution in [0.4, 0.5) is 0 Å². The second kappa shape index (κ2) is 9.53. The fourth-order valence-electron chi connectivity index (χ4n) is 3.44. The van der Waals surface area contributed by atoms with Gasteiger partial charge in [-0.05, 0) is 43.2 Å². The van der Waals surface area contributed by atoms with Gasteiger partial charge in [0.15, 0.2) is 11.5 Å². The summed E-state index contributed by atoms with van der Waals surface area (Å²) in [5.41, 5.74) is 0.0239. The Kier molecular flexibility index (Phi) is 6.75. The van der Waals surface area contributed by atoms with Crippen LogP contribution in [0.1, 0.15) is 23.2 Å². The van der Waals surface area contributed by atoms with Crippen LogP contribution in [-0.4, -0.2) is 62.9 Å². The molecule has 0 aliphatic carbocycles. The molecule has 1 unspecified atom stereocenters. The molecule has 4 rings (SSSR count). The van der Waals surface area contributed by atoms with Crippen molar-refractivity contribution in [2.45, 2.75) is 23.8 Å². The molecule has 0 spiro atoms. The molecule has 0 radical (unpaired) electrons. The number of nitrogens with one attached hydrogen (secondary N) is 1. The summed E-state index contributed by atoms with van der Waals surface area (Å²) in [4.78, 5) is 12.6. The number of aliphatic hydroxyl groups is 1. The highest BCUT2D eigenvalue weighted by Crippen LogP contribution is 2.35. The zero-order chi connectivity index (χ0) is 22.7. The number of rotatable bonds is 8. The third-order valence-corrected chi connectivity index (χ3v) is 7.39. The van der Waals surface area contributed by atoms with E-state index in [9.17, 15) is 18.3 Å². The van der Waals surface area contributed by atoms with Gasteiger partial charge < -0.3 is 24.6 Å². The van der Waals surface area contributed by atoms with E-state index < -0.39 is 22.0 Å². The molecule has 0 bridgehead atoms. The van der Waals surface area contributed by atoms with Crippen molar-refractivity contribution in [2.75, 3.05) is 33.0 Å². The van der Waals surface area contributed by atoms with Crippen LogP contribution in [0.2, 0.25) is 5.02 Å². The van der Waals surface area contributed by atoms with Crippen molar-refractivity contribution in [3.05, 3.63) is 47.0 Å². The summed E-state index contributed by atoms with van der Waals surface area (Å²) in [5.74, 6) is 1.08. The summed E-state index contributed by atoms with van der Waals surface area (Å²) >= 11 is 6.13. The molecular formula is C21H23ClN2O7S. The monoisotopic (exact) mass is 482 g/mol. The van der Waals surface area contributed by atoms with Gasteiger partial charge in [-0.15, -0.1) is 0 Å². The van der Waals surface area contributed by atoms with Crippen molar-refractivity contribution in [3.63, 3.8) is 0 Å². The van der Waals surface area contributed by atoms with Gasteiger partial charge in [-0.1, -0.05) is 11.6 Å². The Morgan fingerprint density at radius 2 is 1.91 bits per heavy atom. The number of carbonyl (C=O) groups excluding carboxylic acids is 1. The van der Waals surface area contributed by atoms with E-state index in [4.69, 9.17) is 25.8 Å². The fraction of sp³-hybridized carbons (Fsp3) is 0.381. The van der Waals surface area contributed by atoms with Crippen molar-refractivity contribution in [1.82, 2.24) is 9.62 Å². The Morgan fingerprint density at radius 1 is 1.16 bits per heavy atom. The molecule has 172 valence electrons. The summed E-state index contributed by atoms with van der Waals surface area (Å²) < 4.78 is 42.9. The van der Waals surface area contributed by atoms with Gasteiger partial charge in [0.05, 0.1) is 15.5 Å². The van der Waals surface area contributed by atoms with Crippen molar-refractivity contribution in [1.29, 1.82) is 0 Å². The lowest BCUT2D eigenvalue weighted by Crippen LogP contribution is -2.35. The first-order chi connectivity index (χ1) is 15.3. The molecule has 2 aliphatic rings. The maximum atomic E-state index is 12.8. The minimum atomic E-state index is -3.68. The van der Waals surface area contributed by atoms with E-state index in [1.165, 1.54) is 22.5 Å². The third kappa shape index (κ3) is 4.93. The van der Waals surface area contributed by atoms with Gasteiger partial charge in [0.2, 0.25) is 16.8 Å². The Morgan fingerprint density at radius 3 is 2.69 bits per heavy atom. The Balaban J connectivity index is 1.34. The second-order valence-electron chi connectivity index (χ2n) is 7.44. The number of benzene rings is 2. The zero-order valence-electron chi connectivity index (χ0n) is 17.1. The number of fused-ring (bicyclic) bond motifs is 1. The molecule has 1 amide bonds. The SMILES string of the molecule is O=C(NCC(O)COc1ccc2c(c1)OCO2)c1cc(S(=O)(=O)N2CCCC2)ccc1Cl.